The first kappa shape index (κ1) is 18.5. The second-order valence-corrected chi connectivity index (χ2v) is 6.43. The molecular formula is C21H24N2O2. The number of ether oxygens (including phenoxy) is 1. The summed E-state index contributed by atoms with van der Waals surface area (Å²) >= 11 is 0. The van der Waals surface area contributed by atoms with Gasteiger partial charge in [0.25, 0.3) is 0 Å². The Kier molecular flexibility index (Phi) is 7.03. The van der Waals surface area contributed by atoms with E-state index in [1.54, 1.807) is 0 Å². The third-order valence-electron chi connectivity index (χ3n) is 3.86. The third kappa shape index (κ3) is 5.96. The van der Waals surface area contributed by atoms with Gasteiger partial charge in [-0.1, -0.05) is 74.5 Å². The van der Waals surface area contributed by atoms with E-state index in [9.17, 15) is 10.1 Å². The fourth-order valence-corrected chi connectivity index (χ4v) is 2.58. The van der Waals surface area contributed by atoms with E-state index in [2.05, 4.69) is 6.07 Å². The maximum absolute atomic E-state index is 12.7. The van der Waals surface area contributed by atoms with Gasteiger partial charge in [0.1, 0.15) is 12.6 Å². The molecule has 1 amide bonds. The van der Waals surface area contributed by atoms with Gasteiger partial charge < -0.3 is 4.74 Å². The monoisotopic (exact) mass is 336 g/mol. The molecule has 0 bridgehead atoms. The number of nitriles is 1. The van der Waals surface area contributed by atoms with E-state index in [1.165, 1.54) is 4.90 Å². The highest BCUT2D eigenvalue weighted by Gasteiger charge is 2.26. The largest absolute Gasteiger partial charge is 0.445 e. The molecule has 0 heterocycles. The Bertz CT molecular complexity index is 693. The van der Waals surface area contributed by atoms with E-state index in [0.29, 0.717) is 18.9 Å². The van der Waals surface area contributed by atoms with Gasteiger partial charge in [-0.3, -0.25) is 4.90 Å². The molecule has 0 aliphatic carbocycles. The van der Waals surface area contributed by atoms with Crippen LogP contribution in [0.25, 0.3) is 0 Å². The molecule has 0 saturated heterocycles. The van der Waals surface area contributed by atoms with Crippen LogP contribution in [0.1, 0.15) is 31.4 Å². The quantitative estimate of drug-likeness (QED) is 0.732. The number of hydrogen-bond acceptors (Lipinski definition) is 3. The molecule has 2 rings (SSSR count). The highest BCUT2D eigenvalue weighted by atomic mass is 16.6. The summed E-state index contributed by atoms with van der Waals surface area (Å²) in [5.74, 6) is 0.310. The molecule has 0 spiro atoms. The number of carbonyl (C=O) groups is 1. The second-order valence-electron chi connectivity index (χ2n) is 6.43. The fourth-order valence-electron chi connectivity index (χ4n) is 2.58. The number of benzene rings is 2. The van der Waals surface area contributed by atoms with Crippen molar-refractivity contribution in [3.8, 4) is 6.07 Å². The summed E-state index contributed by atoms with van der Waals surface area (Å²) < 4.78 is 5.46. The first-order valence-electron chi connectivity index (χ1n) is 8.51. The van der Waals surface area contributed by atoms with Crippen LogP contribution in [0.5, 0.6) is 0 Å². The molecular weight excluding hydrogens is 312 g/mol. The summed E-state index contributed by atoms with van der Waals surface area (Å²) in [6.45, 7) is 4.64. The van der Waals surface area contributed by atoms with Crippen molar-refractivity contribution in [2.45, 2.75) is 39.5 Å². The van der Waals surface area contributed by atoms with Crippen molar-refractivity contribution >= 4 is 6.09 Å². The highest BCUT2D eigenvalue weighted by molar-refractivity contribution is 5.68. The van der Waals surface area contributed by atoms with Gasteiger partial charge in [0.05, 0.1) is 12.6 Å². The predicted octanol–water partition coefficient (Wildman–Crippen LogP) is 4.76. The lowest BCUT2D eigenvalue weighted by Gasteiger charge is -2.27. The van der Waals surface area contributed by atoms with E-state index in [4.69, 9.17) is 4.74 Å². The van der Waals surface area contributed by atoms with Crippen LogP contribution in [-0.2, 0) is 17.9 Å². The molecule has 0 aromatic heterocycles. The predicted molar refractivity (Wildman–Crippen MR) is 97.5 cm³/mol. The average Bonchev–Trinajstić information content (AvgIpc) is 2.64. The van der Waals surface area contributed by atoms with E-state index >= 15 is 0 Å². The molecule has 0 radical (unpaired) electrons. The Morgan fingerprint density at radius 3 is 2.12 bits per heavy atom. The molecule has 25 heavy (non-hydrogen) atoms. The molecule has 2 aromatic rings. The second kappa shape index (κ2) is 9.48. The molecule has 0 saturated carbocycles. The Morgan fingerprint density at radius 1 is 1.04 bits per heavy atom. The zero-order valence-corrected chi connectivity index (χ0v) is 14.8. The molecule has 0 fully saturated rings. The van der Waals surface area contributed by atoms with Crippen molar-refractivity contribution in [1.29, 1.82) is 5.26 Å². The minimum absolute atomic E-state index is 0.199. The maximum atomic E-state index is 12.7. The lowest BCUT2D eigenvalue weighted by molar-refractivity contribution is 0.0821. The average molecular weight is 336 g/mol. The van der Waals surface area contributed by atoms with Crippen LogP contribution in [-0.4, -0.2) is 17.0 Å². The Hall–Kier alpha value is -2.80. The van der Waals surface area contributed by atoms with E-state index in [0.717, 1.165) is 11.1 Å². The molecule has 4 nitrogen and oxygen atoms in total. The smallest absolute Gasteiger partial charge is 0.411 e. The van der Waals surface area contributed by atoms with E-state index in [1.807, 2.05) is 74.5 Å². The zero-order valence-electron chi connectivity index (χ0n) is 14.8. The van der Waals surface area contributed by atoms with E-state index < -0.39 is 12.1 Å². The lowest BCUT2D eigenvalue weighted by atomic mass is 10.0. The minimum atomic E-state index is -0.511. The third-order valence-corrected chi connectivity index (χ3v) is 3.86. The molecule has 0 unspecified atom stereocenters. The maximum Gasteiger partial charge on any atom is 0.411 e. The number of carbonyl (C=O) groups excluding carboxylic acids is 1. The Labute approximate surface area is 149 Å². The van der Waals surface area contributed by atoms with Crippen molar-refractivity contribution in [2.75, 3.05) is 0 Å². The van der Waals surface area contributed by atoms with Gasteiger partial charge in [-0.15, -0.1) is 0 Å². The van der Waals surface area contributed by atoms with Crippen molar-refractivity contribution in [1.82, 2.24) is 4.90 Å². The van der Waals surface area contributed by atoms with Crippen LogP contribution < -0.4 is 0 Å². The van der Waals surface area contributed by atoms with Crippen molar-refractivity contribution in [3.63, 3.8) is 0 Å². The van der Waals surface area contributed by atoms with Gasteiger partial charge in [-0.25, -0.2) is 4.79 Å². The van der Waals surface area contributed by atoms with Gasteiger partial charge in [-0.2, -0.15) is 5.26 Å². The first-order chi connectivity index (χ1) is 12.1. The molecule has 0 N–H and O–H groups in total. The minimum Gasteiger partial charge on any atom is -0.445 e. The number of rotatable bonds is 7. The summed E-state index contributed by atoms with van der Waals surface area (Å²) in [5.41, 5.74) is 1.90. The number of nitrogens with zero attached hydrogens (tertiary/aromatic N) is 2. The summed E-state index contributed by atoms with van der Waals surface area (Å²) in [4.78, 5) is 14.2. The fraction of sp³-hybridized carbons (Fsp3) is 0.333. The lowest BCUT2D eigenvalue weighted by Crippen LogP contribution is -2.40. The number of amides is 1. The molecule has 0 aliphatic heterocycles. The van der Waals surface area contributed by atoms with Gasteiger partial charge in [0.15, 0.2) is 0 Å². The SMILES string of the molecule is CC(C)C[C@@H](C#N)N(Cc1ccccc1)C(=O)OCc1ccccc1. The molecule has 2 aromatic carbocycles. The summed E-state index contributed by atoms with van der Waals surface area (Å²) in [6, 6.07) is 21.0. The van der Waals surface area contributed by atoms with Gasteiger partial charge in [-0.05, 0) is 23.5 Å². The van der Waals surface area contributed by atoms with Crippen LogP contribution >= 0.6 is 0 Å². The summed E-state index contributed by atoms with van der Waals surface area (Å²) in [7, 11) is 0. The Balaban J connectivity index is 2.11. The van der Waals surface area contributed by atoms with Gasteiger partial charge >= 0.3 is 6.09 Å². The highest BCUT2D eigenvalue weighted by Crippen LogP contribution is 2.17. The van der Waals surface area contributed by atoms with Crippen LogP contribution in [0, 0.1) is 17.2 Å². The molecule has 1 atom stereocenters. The molecule has 0 aliphatic rings. The first-order valence-corrected chi connectivity index (χ1v) is 8.51. The van der Waals surface area contributed by atoms with Crippen molar-refractivity contribution < 1.29 is 9.53 Å². The van der Waals surface area contributed by atoms with Crippen LogP contribution in [0.4, 0.5) is 4.79 Å². The van der Waals surface area contributed by atoms with Crippen molar-refractivity contribution in [3.05, 3.63) is 71.8 Å². The van der Waals surface area contributed by atoms with E-state index in [-0.39, 0.29) is 6.61 Å². The molecule has 4 heteroatoms. The summed E-state index contributed by atoms with van der Waals surface area (Å²) in [5, 5.41) is 9.56. The number of hydrogen-bond donors (Lipinski definition) is 0. The zero-order chi connectivity index (χ0) is 18.1. The summed E-state index contributed by atoms with van der Waals surface area (Å²) in [6.07, 6.45) is 0.156. The van der Waals surface area contributed by atoms with Crippen molar-refractivity contribution in [2.24, 2.45) is 5.92 Å². The van der Waals surface area contributed by atoms with Gasteiger partial charge in [0.2, 0.25) is 0 Å². The topological polar surface area (TPSA) is 53.3 Å². The molecule has 130 valence electrons. The van der Waals surface area contributed by atoms with Crippen LogP contribution in [0.2, 0.25) is 0 Å². The normalized spacial score (nSPS) is 11.6. The van der Waals surface area contributed by atoms with Crippen LogP contribution in [0.3, 0.4) is 0 Å². The standard InChI is InChI=1S/C21H24N2O2/c1-17(2)13-20(14-22)23(15-18-9-5-3-6-10-18)21(24)25-16-19-11-7-4-8-12-19/h3-12,17,20H,13,15-16H2,1-2H3/t20-/m0/s1. The van der Waals surface area contributed by atoms with Gasteiger partial charge in [0, 0.05) is 0 Å². The van der Waals surface area contributed by atoms with Crippen LogP contribution in [0.15, 0.2) is 60.7 Å². The Morgan fingerprint density at radius 2 is 1.60 bits per heavy atom.